The number of amides is 2. The number of hydrogen-bond donors (Lipinski definition) is 2. The van der Waals surface area contributed by atoms with Crippen LogP contribution in [0.2, 0.25) is 0 Å². The highest BCUT2D eigenvalue weighted by atomic mass is 16.5. The zero-order valence-corrected chi connectivity index (χ0v) is 14.3. The highest BCUT2D eigenvalue weighted by Gasteiger charge is 2.17. The fourth-order valence-electron chi connectivity index (χ4n) is 2.64. The van der Waals surface area contributed by atoms with Gasteiger partial charge in [0.25, 0.3) is 0 Å². The number of benzene rings is 2. The molecule has 0 spiro atoms. The van der Waals surface area contributed by atoms with Crippen molar-refractivity contribution in [2.24, 2.45) is 0 Å². The van der Waals surface area contributed by atoms with Gasteiger partial charge in [-0.3, -0.25) is 0 Å². The number of piperazine rings is 1. The second kappa shape index (κ2) is 8.39. The Labute approximate surface area is 147 Å². The zero-order valence-electron chi connectivity index (χ0n) is 14.3. The van der Waals surface area contributed by atoms with E-state index in [1.54, 1.807) is 12.0 Å². The second-order valence-electron chi connectivity index (χ2n) is 5.80. The van der Waals surface area contributed by atoms with Crippen LogP contribution in [-0.4, -0.2) is 44.2 Å². The Morgan fingerprint density at radius 2 is 1.84 bits per heavy atom. The lowest BCUT2D eigenvalue weighted by Crippen LogP contribution is -2.48. The zero-order chi connectivity index (χ0) is 17.5. The van der Waals surface area contributed by atoms with Crippen LogP contribution in [0.3, 0.4) is 0 Å². The molecule has 1 aliphatic rings. The van der Waals surface area contributed by atoms with Gasteiger partial charge in [-0.05, 0) is 29.8 Å². The van der Waals surface area contributed by atoms with Crippen LogP contribution in [0, 0.1) is 0 Å². The lowest BCUT2D eigenvalue weighted by atomic mass is 10.2. The van der Waals surface area contributed by atoms with E-state index in [0.29, 0.717) is 31.1 Å². The molecular weight excluding hydrogens is 318 g/mol. The van der Waals surface area contributed by atoms with Gasteiger partial charge in [0, 0.05) is 26.2 Å². The third-order valence-electron chi connectivity index (χ3n) is 4.09. The Morgan fingerprint density at radius 1 is 1.12 bits per heavy atom. The molecule has 1 heterocycles. The predicted octanol–water partition coefficient (Wildman–Crippen LogP) is 2.71. The Hall–Kier alpha value is -2.73. The summed E-state index contributed by atoms with van der Waals surface area (Å²) in [6, 6.07) is 15.1. The molecule has 0 radical (unpaired) electrons. The number of ether oxygens (including phenoxy) is 2. The van der Waals surface area contributed by atoms with Gasteiger partial charge in [-0.25, -0.2) is 4.79 Å². The van der Waals surface area contributed by atoms with Crippen molar-refractivity contribution in [2.45, 2.75) is 6.61 Å². The topological polar surface area (TPSA) is 62.8 Å². The van der Waals surface area contributed by atoms with Crippen LogP contribution in [0.25, 0.3) is 0 Å². The summed E-state index contributed by atoms with van der Waals surface area (Å²) in [6.45, 7) is 3.48. The van der Waals surface area contributed by atoms with Gasteiger partial charge >= 0.3 is 6.03 Å². The summed E-state index contributed by atoms with van der Waals surface area (Å²) < 4.78 is 11.1. The molecule has 2 aromatic carbocycles. The lowest BCUT2D eigenvalue weighted by molar-refractivity contribution is 0.203. The van der Waals surface area contributed by atoms with Crippen molar-refractivity contribution >= 4 is 11.7 Å². The van der Waals surface area contributed by atoms with E-state index >= 15 is 0 Å². The number of hydrogen-bond acceptors (Lipinski definition) is 4. The summed E-state index contributed by atoms with van der Waals surface area (Å²) in [5.41, 5.74) is 1.71. The number of nitrogens with one attached hydrogen (secondary N) is 2. The summed E-state index contributed by atoms with van der Waals surface area (Å²) in [6.07, 6.45) is 0. The molecule has 1 aliphatic heterocycles. The van der Waals surface area contributed by atoms with E-state index in [-0.39, 0.29) is 6.03 Å². The monoisotopic (exact) mass is 341 g/mol. The first-order valence-corrected chi connectivity index (χ1v) is 8.37. The molecule has 0 aliphatic carbocycles. The third kappa shape index (κ3) is 4.64. The molecule has 1 saturated heterocycles. The van der Waals surface area contributed by atoms with E-state index in [0.717, 1.165) is 24.4 Å². The largest absolute Gasteiger partial charge is 0.497 e. The van der Waals surface area contributed by atoms with Crippen LogP contribution >= 0.6 is 0 Å². The van der Waals surface area contributed by atoms with E-state index < -0.39 is 0 Å². The molecule has 1 fully saturated rings. The third-order valence-corrected chi connectivity index (χ3v) is 4.09. The molecule has 132 valence electrons. The van der Waals surface area contributed by atoms with Crippen LogP contribution in [-0.2, 0) is 6.61 Å². The molecule has 0 unspecified atom stereocenters. The van der Waals surface area contributed by atoms with Gasteiger partial charge in [-0.2, -0.15) is 0 Å². The van der Waals surface area contributed by atoms with E-state index in [1.807, 2.05) is 48.5 Å². The Bertz CT molecular complexity index is 697. The molecule has 2 N–H and O–H groups in total. The first-order valence-electron chi connectivity index (χ1n) is 8.37. The summed E-state index contributed by atoms with van der Waals surface area (Å²) >= 11 is 0. The van der Waals surface area contributed by atoms with Gasteiger partial charge in [0.2, 0.25) is 0 Å². The number of rotatable bonds is 5. The fourth-order valence-corrected chi connectivity index (χ4v) is 2.64. The summed E-state index contributed by atoms with van der Waals surface area (Å²) in [7, 11) is 1.64. The Balaban J connectivity index is 1.62. The van der Waals surface area contributed by atoms with Gasteiger partial charge < -0.3 is 25.0 Å². The van der Waals surface area contributed by atoms with E-state index in [2.05, 4.69) is 10.6 Å². The lowest BCUT2D eigenvalue weighted by Gasteiger charge is -2.27. The fraction of sp³-hybridized carbons (Fsp3) is 0.316. The standard InChI is InChI=1S/C19H23N3O3/c1-24-16-8-6-15(7-9-16)14-25-18-5-3-2-4-17(18)21-19(23)22-12-10-20-11-13-22/h2-9,20H,10-14H2,1H3,(H,21,23). The number of carbonyl (C=O) groups is 1. The first kappa shape index (κ1) is 17.1. The van der Waals surface area contributed by atoms with Crippen molar-refractivity contribution in [1.29, 1.82) is 0 Å². The molecule has 25 heavy (non-hydrogen) atoms. The average molecular weight is 341 g/mol. The van der Waals surface area contributed by atoms with Crippen LogP contribution in [0.5, 0.6) is 11.5 Å². The molecule has 2 aromatic rings. The molecule has 0 saturated carbocycles. The summed E-state index contributed by atoms with van der Waals surface area (Å²) in [5, 5.41) is 6.19. The van der Waals surface area contributed by atoms with E-state index in [4.69, 9.17) is 9.47 Å². The normalized spacial score (nSPS) is 14.0. The molecule has 0 aromatic heterocycles. The van der Waals surface area contributed by atoms with Crippen LogP contribution in [0.15, 0.2) is 48.5 Å². The van der Waals surface area contributed by atoms with Crippen molar-refractivity contribution in [2.75, 3.05) is 38.6 Å². The molecule has 6 nitrogen and oxygen atoms in total. The quantitative estimate of drug-likeness (QED) is 0.878. The number of methoxy groups -OCH3 is 1. The number of anilines is 1. The minimum atomic E-state index is -0.0954. The predicted molar refractivity (Wildman–Crippen MR) is 97.2 cm³/mol. The van der Waals surface area contributed by atoms with Gasteiger partial charge in [-0.1, -0.05) is 24.3 Å². The maximum atomic E-state index is 12.4. The van der Waals surface area contributed by atoms with Gasteiger partial charge in [0.05, 0.1) is 12.8 Å². The molecule has 0 bridgehead atoms. The molecular formula is C19H23N3O3. The minimum absolute atomic E-state index is 0.0954. The molecule has 3 rings (SSSR count). The average Bonchev–Trinajstić information content (AvgIpc) is 2.68. The van der Waals surface area contributed by atoms with Crippen molar-refractivity contribution in [1.82, 2.24) is 10.2 Å². The summed E-state index contributed by atoms with van der Waals surface area (Å²) in [4.78, 5) is 14.2. The van der Waals surface area contributed by atoms with Gasteiger partial charge in [-0.15, -0.1) is 0 Å². The number of carbonyl (C=O) groups excluding carboxylic acids is 1. The van der Waals surface area contributed by atoms with E-state index in [1.165, 1.54) is 0 Å². The maximum absolute atomic E-state index is 12.4. The Morgan fingerprint density at radius 3 is 2.56 bits per heavy atom. The van der Waals surface area contributed by atoms with Crippen LogP contribution < -0.4 is 20.1 Å². The second-order valence-corrected chi connectivity index (χ2v) is 5.80. The van der Waals surface area contributed by atoms with Gasteiger partial charge in [0.1, 0.15) is 18.1 Å². The maximum Gasteiger partial charge on any atom is 0.322 e. The summed E-state index contributed by atoms with van der Waals surface area (Å²) in [5.74, 6) is 1.47. The smallest absolute Gasteiger partial charge is 0.322 e. The van der Waals surface area contributed by atoms with Gasteiger partial charge in [0.15, 0.2) is 0 Å². The Kier molecular flexibility index (Phi) is 5.74. The first-order chi connectivity index (χ1) is 12.3. The highest BCUT2D eigenvalue weighted by molar-refractivity contribution is 5.91. The SMILES string of the molecule is COc1ccc(COc2ccccc2NC(=O)N2CCNCC2)cc1. The van der Waals surface area contributed by atoms with Crippen molar-refractivity contribution < 1.29 is 14.3 Å². The highest BCUT2D eigenvalue weighted by Crippen LogP contribution is 2.25. The molecule has 2 amide bonds. The number of nitrogens with zero attached hydrogens (tertiary/aromatic N) is 1. The van der Waals surface area contributed by atoms with Crippen molar-refractivity contribution in [3.05, 3.63) is 54.1 Å². The van der Waals surface area contributed by atoms with Crippen molar-refractivity contribution in [3.63, 3.8) is 0 Å². The molecule has 0 atom stereocenters. The van der Waals surface area contributed by atoms with Crippen LogP contribution in [0.4, 0.5) is 10.5 Å². The van der Waals surface area contributed by atoms with Crippen LogP contribution in [0.1, 0.15) is 5.56 Å². The van der Waals surface area contributed by atoms with Crippen molar-refractivity contribution in [3.8, 4) is 11.5 Å². The molecule has 6 heteroatoms. The number of urea groups is 1. The number of para-hydroxylation sites is 2. The minimum Gasteiger partial charge on any atom is -0.497 e. The van der Waals surface area contributed by atoms with E-state index in [9.17, 15) is 4.79 Å².